The number of carbonyl (C=O) groups excluding carboxylic acids is 2. The molecule has 0 aliphatic rings. The summed E-state index contributed by atoms with van der Waals surface area (Å²) >= 11 is 0. The first-order valence-electron chi connectivity index (χ1n) is 11.0. The van der Waals surface area contributed by atoms with Crippen molar-refractivity contribution in [3.05, 3.63) is 113 Å². The number of aromatic nitrogens is 1. The van der Waals surface area contributed by atoms with Gasteiger partial charge in [0.15, 0.2) is 0 Å². The Labute approximate surface area is 197 Å². The van der Waals surface area contributed by atoms with E-state index in [1.165, 1.54) is 6.07 Å². The second kappa shape index (κ2) is 9.79. The van der Waals surface area contributed by atoms with E-state index in [4.69, 9.17) is 4.42 Å². The lowest BCUT2D eigenvalue weighted by Crippen LogP contribution is -2.30. The topological polar surface area (TPSA) is 67.5 Å². The Bertz CT molecular complexity index is 1310. The molecule has 6 nitrogen and oxygen atoms in total. The van der Waals surface area contributed by atoms with Crippen LogP contribution < -0.4 is 5.32 Å². The molecule has 0 saturated heterocycles. The van der Waals surface area contributed by atoms with Gasteiger partial charge in [-0.25, -0.2) is 4.39 Å². The van der Waals surface area contributed by atoms with Crippen LogP contribution in [0.4, 0.5) is 4.39 Å². The zero-order chi connectivity index (χ0) is 24.2. The fourth-order valence-electron chi connectivity index (χ4n) is 4.07. The molecule has 4 rings (SSSR count). The summed E-state index contributed by atoms with van der Waals surface area (Å²) in [5.74, 6) is -0.0664. The monoisotopic (exact) mass is 459 g/mol. The van der Waals surface area contributed by atoms with Crippen molar-refractivity contribution in [1.82, 2.24) is 14.8 Å². The first-order valence-corrected chi connectivity index (χ1v) is 11.0. The number of nitrogens with one attached hydrogen (secondary N) is 1. The predicted molar refractivity (Wildman–Crippen MR) is 127 cm³/mol. The second-order valence-corrected chi connectivity index (χ2v) is 8.09. The average molecular weight is 460 g/mol. The molecule has 4 aromatic rings. The van der Waals surface area contributed by atoms with Crippen LogP contribution in [-0.2, 0) is 13.1 Å². The summed E-state index contributed by atoms with van der Waals surface area (Å²) in [7, 11) is 1.58. The lowest BCUT2D eigenvalue weighted by molar-refractivity contribution is 0.0716. The first kappa shape index (κ1) is 23.0. The van der Waals surface area contributed by atoms with Crippen LogP contribution in [0.2, 0.25) is 0 Å². The van der Waals surface area contributed by atoms with Crippen LogP contribution in [0.15, 0.2) is 77.4 Å². The maximum absolute atomic E-state index is 14.5. The highest BCUT2D eigenvalue weighted by Crippen LogP contribution is 2.25. The third-order valence-corrected chi connectivity index (χ3v) is 5.79. The molecule has 174 valence electrons. The van der Waals surface area contributed by atoms with E-state index in [2.05, 4.69) is 5.32 Å². The molecule has 0 unspecified atom stereocenters. The molecule has 0 saturated carbocycles. The van der Waals surface area contributed by atoms with Crippen LogP contribution in [-0.4, -0.2) is 28.3 Å². The summed E-state index contributed by atoms with van der Waals surface area (Å²) in [4.78, 5) is 27.2. The van der Waals surface area contributed by atoms with Gasteiger partial charge in [-0.15, -0.1) is 0 Å². The Morgan fingerprint density at radius 3 is 2.38 bits per heavy atom. The summed E-state index contributed by atoms with van der Waals surface area (Å²) < 4.78 is 21.8. The molecule has 0 radical (unpaired) electrons. The Hall–Kier alpha value is -4.13. The fraction of sp³-hybridized carbons (Fsp3) is 0.185. The van der Waals surface area contributed by atoms with Gasteiger partial charge in [-0.05, 0) is 61.9 Å². The molecule has 2 amide bonds. The predicted octanol–water partition coefficient (Wildman–Crippen LogP) is 5.03. The molecule has 2 heterocycles. The number of rotatable bonds is 7. The van der Waals surface area contributed by atoms with Crippen LogP contribution >= 0.6 is 0 Å². The van der Waals surface area contributed by atoms with Gasteiger partial charge in [0.05, 0.1) is 24.1 Å². The molecule has 0 aliphatic carbocycles. The van der Waals surface area contributed by atoms with E-state index in [0.29, 0.717) is 34.8 Å². The highest BCUT2D eigenvalue weighted by Gasteiger charge is 2.24. The van der Waals surface area contributed by atoms with Gasteiger partial charge in [0, 0.05) is 30.5 Å². The van der Waals surface area contributed by atoms with Crippen molar-refractivity contribution in [3.63, 3.8) is 0 Å². The van der Waals surface area contributed by atoms with Gasteiger partial charge < -0.3 is 19.2 Å². The zero-order valence-corrected chi connectivity index (χ0v) is 19.3. The minimum atomic E-state index is -0.355. The molecule has 0 spiro atoms. The van der Waals surface area contributed by atoms with Crippen molar-refractivity contribution in [2.75, 3.05) is 7.05 Å². The van der Waals surface area contributed by atoms with Crippen LogP contribution in [0.5, 0.6) is 0 Å². The smallest absolute Gasteiger partial charge is 0.256 e. The number of hydrogen-bond acceptors (Lipinski definition) is 3. The summed E-state index contributed by atoms with van der Waals surface area (Å²) in [6.07, 6.45) is 1.57. The third kappa shape index (κ3) is 4.64. The molecule has 2 aromatic carbocycles. The van der Waals surface area contributed by atoms with E-state index >= 15 is 0 Å². The lowest BCUT2D eigenvalue weighted by Gasteiger charge is -2.22. The average Bonchev–Trinajstić information content (AvgIpc) is 3.46. The van der Waals surface area contributed by atoms with Gasteiger partial charge in [-0.3, -0.25) is 9.59 Å². The highest BCUT2D eigenvalue weighted by atomic mass is 19.1. The van der Waals surface area contributed by atoms with Crippen molar-refractivity contribution >= 4 is 11.8 Å². The number of nitrogens with zero attached hydrogens (tertiary/aromatic N) is 2. The van der Waals surface area contributed by atoms with Crippen LogP contribution in [0.3, 0.4) is 0 Å². The second-order valence-electron chi connectivity index (χ2n) is 8.09. The van der Waals surface area contributed by atoms with Gasteiger partial charge in [-0.1, -0.05) is 24.3 Å². The van der Waals surface area contributed by atoms with Crippen molar-refractivity contribution in [1.29, 1.82) is 0 Å². The fourth-order valence-corrected chi connectivity index (χ4v) is 4.07. The molecule has 1 N–H and O–H groups in total. The van der Waals surface area contributed by atoms with Crippen molar-refractivity contribution in [2.45, 2.75) is 26.9 Å². The Morgan fingerprint density at radius 2 is 1.74 bits per heavy atom. The van der Waals surface area contributed by atoms with E-state index in [1.807, 2.05) is 32.0 Å². The van der Waals surface area contributed by atoms with Crippen LogP contribution in [0.1, 0.15) is 43.4 Å². The molecular formula is C27H26FN3O3. The number of halogens is 1. The van der Waals surface area contributed by atoms with E-state index < -0.39 is 0 Å². The first-order chi connectivity index (χ1) is 16.4. The molecular weight excluding hydrogens is 433 g/mol. The molecule has 34 heavy (non-hydrogen) atoms. The zero-order valence-electron chi connectivity index (χ0n) is 19.3. The largest absolute Gasteiger partial charge is 0.467 e. The van der Waals surface area contributed by atoms with Gasteiger partial charge in [-0.2, -0.15) is 0 Å². The summed E-state index contributed by atoms with van der Waals surface area (Å²) in [5, 5.41) is 2.60. The normalized spacial score (nSPS) is 10.8. The standard InChI is InChI=1S/C27H26FN3O3/c1-18-15-23(19(2)31(18)25-9-5-4-8-24(25)28)27(33)30(17-22-7-6-14-34-22)16-20-10-12-21(13-11-20)26(32)29-3/h4-15H,16-17H2,1-3H3,(H,29,32). The quantitative estimate of drug-likeness (QED) is 0.422. The summed E-state index contributed by atoms with van der Waals surface area (Å²) in [5.41, 5.74) is 3.73. The Morgan fingerprint density at radius 1 is 1.00 bits per heavy atom. The number of carbonyl (C=O) groups is 2. The SMILES string of the molecule is CNC(=O)c1ccc(CN(Cc2ccco2)C(=O)c2cc(C)n(-c3ccccc3F)c2C)cc1. The Balaban J connectivity index is 1.67. The Kier molecular flexibility index (Phi) is 6.63. The van der Waals surface area contributed by atoms with Crippen molar-refractivity contribution in [3.8, 4) is 5.69 Å². The highest BCUT2D eigenvalue weighted by molar-refractivity contribution is 5.96. The summed E-state index contributed by atoms with van der Waals surface area (Å²) in [6.45, 7) is 4.25. The van der Waals surface area contributed by atoms with Gasteiger partial charge in [0.2, 0.25) is 0 Å². The molecule has 0 aliphatic heterocycles. The number of benzene rings is 2. The number of furan rings is 1. The minimum absolute atomic E-state index is 0.171. The maximum Gasteiger partial charge on any atom is 0.256 e. The van der Waals surface area contributed by atoms with E-state index in [1.54, 1.807) is 65.2 Å². The van der Waals surface area contributed by atoms with Crippen molar-refractivity contribution < 1.29 is 18.4 Å². The van der Waals surface area contributed by atoms with E-state index in [-0.39, 0.29) is 24.2 Å². The number of aryl methyl sites for hydroxylation is 1. The summed E-state index contributed by atoms with van der Waals surface area (Å²) in [6, 6.07) is 19.0. The minimum Gasteiger partial charge on any atom is -0.467 e. The number of hydrogen-bond donors (Lipinski definition) is 1. The van der Waals surface area contributed by atoms with Crippen molar-refractivity contribution in [2.24, 2.45) is 0 Å². The third-order valence-electron chi connectivity index (χ3n) is 5.79. The van der Waals surface area contributed by atoms with Gasteiger partial charge >= 0.3 is 0 Å². The molecule has 0 bridgehead atoms. The lowest BCUT2D eigenvalue weighted by atomic mass is 10.1. The molecule has 7 heteroatoms. The van der Waals surface area contributed by atoms with E-state index in [9.17, 15) is 14.0 Å². The van der Waals surface area contributed by atoms with Crippen LogP contribution in [0, 0.1) is 19.7 Å². The van der Waals surface area contributed by atoms with E-state index in [0.717, 1.165) is 11.3 Å². The molecule has 0 fully saturated rings. The maximum atomic E-state index is 14.5. The molecule has 0 atom stereocenters. The van der Waals surface area contributed by atoms with Gasteiger partial charge in [0.25, 0.3) is 11.8 Å². The number of amides is 2. The van der Waals surface area contributed by atoms with Gasteiger partial charge in [0.1, 0.15) is 11.6 Å². The number of para-hydroxylation sites is 1. The molecule has 2 aromatic heterocycles. The van der Waals surface area contributed by atoms with Crippen LogP contribution in [0.25, 0.3) is 5.69 Å².